The summed E-state index contributed by atoms with van der Waals surface area (Å²) in [4.78, 5) is 14.2. The normalized spacial score (nSPS) is 16.0. The number of carbonyl (C=O) groups excluding carboxylic acids is 1. The van der Waals surface area contributed by atoms with Crippen molar-refractivity contribution in [2.24, 2.45) is 0 Å². The lowest BCUT2D eigenvalue weighted by atomic mass is 9.94. The van der Waals surface area contributed by atoms with Gasteiger partial charge in [0.25, 0.3) is 5.91 Å². The van der Waals surface area contributed by atoms with Crippen LogP contribution in [0.5, 0.6) is 0 Å². The zero-order chi connectivity index (χ0) is 15.9. The first-order valence-corrected chi connectivity index (χ1v) is 7.88. The molecule has 0 spiro atoms. The SMILES string of the molecule is CN(/C=C(/C#N)C(=O)Nc1ccc(Cl)cc1)C1CCCCC1. The molecule has 0 unspecified atom stereocenters. The van der Waals surface area contributed by atoms with Crippen LogP contribution < -0.4 is 5.32 Å². The number of carbonyl (C=O) groups is 1. The van der Waals surface area contributed by atoms with Crippen LogP contribution in [0.15, 0.2) is 36.0 Å². The van der Waals surface area contributed by atoms with Gasteiger partial charge in [0.2, 0.25) is 0 Å². The molecule has 1 saturated carbocycles. The monoisotopic (exact) mass is 317 g/mol. The van der Waals surface area contributed by atoms with E-state index >= 15 is 0 Å². The number of hydrogen-bond donors (Lipinski definition) is 1. The van der Waals surface area contributed by atoms with Crippen LogP contribution in [0, 0.1) is 11.3 Å². The van der Waals surface area contributed by atoms with Gasteiger partial charge in [-0.3, -0.25) is 4.79 Å². The molecule has 1 aromatic rings. The van der Waals surface area contributed by atoms with Crippen LogP contribution in [-0.2, 0) is 4.79 Å². The van der Waals surface area contributed by atoms with Gasteiger partial charge in [-0.1, -0.05) is 30.9 Å². The largest absolute Gasteiger partial charge is 0.376 e. The van der Waals surface area contributed by atoms with E-state index in [1.165, 1.54) is 19.3 Å². The van der Waals surface area contributed by atoms with Gasteiger partial charge in [0.1, 0.15) is 11.6 Å². The topological polar surface area (TPSA) is 56.1 Å². The van der Waals surface area contributed by atoms with Crippen molar-refractivity contribution in [2.45, 2.75) is 38.1 Å². The van der Waals surface area contributed by atoms with E-state index in [1.807, 2.05) is 18.0 Å². The molecule has 116 valence electrons. The number of rotatable bonds is 4. The molecule has 0 saturated heterocycles. The second kappa shape index (κ2) is 7.86. The number of amides is 1. The zero-order valence-electron chi connectivity index (χ0n) is 12.7. The maximum Gasteiger partial charge on any atom is 0.267 e. The van der Waals surface area contributed by atoms with Crippen molar-refractivity contribution in [3.05, 3.63) is 41.1 Å². The third-order valence-corrected chi connectivity index (χ3v) is 4.20. The fourth-order valence-electron chi connectivity index (χ4n) is 2.67. The Kier molecular flexibility index (Phi) is 5.85. The number of nitrogens with zero attached hydrogens (tertiary/aromatic N) is 2. The van der Waals surface area contributed by atoms with Gasteiger partial charge in [-0.25, -0.2) is 0 Å². The van der Waals surface area contributed by atoms with Crippen LogP contribution in [0.3, 0.4) is 0 Å². The second-order valence-electron chi connectivity index (χ2n) is 5.57. The second-order valence-corrected chi connectivity index (χ2v) is 6.01. The molecule has 0 radical (unpaired) electrons. The molecule has 1 amide bonds. The van der Waals surface area contributed by atoms with Crippen LogP contribution in [0.25, 0.3) is 0 Å². The molecule has 0 heterocycles. The lowest BCUT2D eigenvalue weighted by molar-refractivity contribution is -0.112. The molecule has 0 atom stereocenters. The highest BCUT2D eigenvalue weighted by Gasteiger charge is 2.18. The summed E-state index contributed by atoms with van der Waals surface area (Å²) in [5.41, 5.74) is 0.735. The smallest absolute Gasteiger partial charge is 0.267 e. The number of nitrogens with one attached hydrogen (secondary N) is 1. The molecule has 1 aromatic carbocycles. The summed E-state index contributed by atoms with van der Waals surface area (Å²) >= 11 is 5.81. The Balaban J connectivity index is 2.03. The molecule has 1 N–H and O–H groups in total. The van der Waals surface area contributed by atoms with E-state index < -0.39 is 5.91 Å². The predicted molar refractivity (Wildman–Crippen MR) is 88.4 cm³/mol. The number of halogens is 1. The summed E-state index contributed by atoms with van der Waals surface area (Å²) in [6.07, 6.45) is 7.58. The number of benzene rings is 1. The fourth-order valence-corrected chi connectivity index (χ4v) is 2.79. The first-order valence-electron chi connectivity index (χ1n) is 7.51. The highest BCUT2D eigenvalue weighted by atomic mass is 35.5. The standard InChI is InChI=1S/C17H20ClN3O/c1-21(16-5-3-2-4-6-16)12-13(11-19)17(22)20-15-9-7-14(18)8-10-15/h7-10,12,16H,2-6H2,1H3,(H,20,22)/b13-12-. The predicted octanol–water partition coefficient (Wildman–Crippen LogP) is 3.95. The van der Waals surface area contributed by atoms with Crippen molar-refractivity contribution in [1.82, 2.24) is 4.90 Å². The first-order chi connectivity index (χ1) is 10.6. The average molecular weight is 318 g/mol. The van der Waals surface area contributed by atoms with E-state index in [2.05, 4.69) is 5.32 Å². The van der Waals surface area contributed by atoms with E-state index in [0.717, 1.165) is 12.8 Å². The van der Waals surface area contributed by atoms with Crippen molar-refractivity contribution >= 4 is 23.2 Å². The Hall–Kier alpha value is -1.99. The van der Waals surface area contributed by atoms with Gasteiger partial charge in [0, 0.05) is 30.0 Å². The quantitative estimate of drug-likeness (QED) is 0.675. The fraction of sp³-hybridized carbons (Fsp3) is 0.412. The lowest BCUT2D eigenvalue weighted by Gasteiger charge is -2.30. The minimum Gasteiger partial charge on any atom is -0.376 e. The Morgan fingerprint density at radius 2 is 1.95 bits per heavy atom. The van der Waals surface area contributed by atoms with Crippen molar-refractivity contribution in [1.29, 1.82) is 5.26 Å². The molecule has 4 nitrogen and oxygen atoms in total. The van der Waals surface area contributed by atoms with Crippen LogP contribution in [0.1, 0.15) is 32.1 Å². The third kappa shape index (κ3) is 4.51. The Bertz CT molecular complexity index is 583. The number of hydrogen-bond acceptors (Lipinski definition) is 3. The summed E-state index contributed by atoms with van der Waals surface area (Å²) in [5.74, 6) is -0.396. The Labute approximate surface area is 136 Å². The molecule has 5 heteroatoms. The first kappa shape index (κ1) is 16.4. The third-order valence-electron chi connectivity index (χ3n) is 3.95. The van der Waals surface area contributed by atoms with Gasteiger partial charge >= 0.3 is 0 Å². The van der Waals surface area contributed by atoms with Crippen LogP contribution in [0.2, 0.25) is 5.02 Å². The maximum absolute atomic E-state index is 12.2. The lowest BCUT2D eigenvalue weighted by Crippen LogP contribution is -2.30. The van der Waals surface area contributed by atoms with Gasteiger partial charge in [0.05, 0.1) is 0 Å². The van der Waals surface area contributed by atoms with Crippen molar-refractivity contribution in [2.75, 3.05) is 12.4 Å². The maximum atomic E-state index is 12.2. The molecule has 0 aliphatic heterocycles. The molecule has 0 aromatic heterocycles. The highest BCUT2D eigenvalue weighted by Crippen LogP contribution is 2.22. The molecule has 1 aliphatic rings. The summed E-state index contributed by atoms with van der Waals surface area (Å²) < 4.78 is 0. The van der Waals surface area contributed by atoms with Gasteiger partial charge in [-0.05, 0) is 37.1 Å². The zero-order valence-corrected chi connectivity index (χ0v) is 13.4. The summed E-state index contributed by atoms with van der Waals surface area (Å²) in [7, 11) is 1.93. The van der Waals surface area contributed by atoms with Gasteiger partial charge in [-0.2, -0.15) is 5.26 Å². The Morgan fingerprint density at radius 3 is 2.55 bits per heavy atom. The van der Waals surface area contributed by atoms with Gasteiger partial charge < -0.3 is 10.2 Å². The molecular weight excluding hydrogens is 298 g/mol. The summed E-state index contributed by atoms with van der Waals surface area (Å²) in [6, 6.07) is 9.21. The minimum atomic E-state index is -0.396. The van der Waals surface area contributed by atoms with E-state index in [0.29, 0.717) is 16.8 Å². The molecule has 22 heavy (non-hydrogen) atoms. The summed E-state index contributed by atoms with van der Waals surface area (Å²) in [6.45, 7) is 0. The van der Waals surface area contributed by atoms with E-state index in [-0.39, 0.29) is 5.57 Å². The Morgan fingerprint density at radius 1 is 1.32 bits per heavy atom. The van der Waals surface area contributed by atoms with Gasteiger partial charge in [-0.15, -0.1) is 0 Å². The van der Waals surface area contributed by atoms with Crippen molar-refractivity contribution in [3.8, 4) is 6.07 Å². The molecule has 2 rings (SSSR count). The van der Waals surface area contributed by atoms with Crippen LogP contribution in [0.4, 0.5) is 5.69 Å². The summed E-state index contributed by atoms with van der Waals surface area (Å²) in [5, 5.41) is 12.6. The number of anilines is 1. The van der Waals surface area contributed by atoms with E-state index in [9.17, 15) is 10.1 Å². The van der Waals surface area contributed by atoms with Crippen LogP contribution in [-0.4, -0.2) is 23.9 Å². The molecular formula is C17H20ClN3O. The van der Waals surface area contributed by atoms with E-state index in [4.69, 9.17) is 11.6 Å². The van der Waals surface area contributed by atoms with Crippen LogP contribution >= 0.6 is 11.6 Å². The minimum absolute atomic E-state index is 0.114. The molecule has 1 fully saturated rings. The molecule has 1 aliphatic carbocycles. The van der Waals surface area contributed by atoms with Gasteiger partial charge in [0.15, 0.2) is 0 Å². The average Bonchev–Trinajstić information content (AvgIpc) is 2.55. The van der Waals surface area contributed by atoms with Crippen molar-refractivity contribution in [3.63, 3.8) is 0 Å². The van der Waals surface area contributed by atoms with Crippen molar-refractivity contribution < 1.29 is 4.79 Å². The highest BCUT2D eigenvalue weighted by molar-refractivity contribution is 6.30. The van der Waals surface area contributed by atoms with E-state index in [1.54, 1.807) is 30.5 Å². The molecule has 0 bridgehead atoms. The number of nitriles is 1.